The van der Waals surface area contributed by atoms with Crippen LogP contribution in [0.15, 0.2) is 0 Å². The Bertz CT molecular complexity index is 243. The van der Waals surface area contributed by atoms with E-state index >= 15 is 0 Å². The van der Waals surface area contributed by atoms with E-state index < -0.39 is 7.75 Å². The standard InChI is InChI=1S/C8H16Br4NO4P/c9-3-7(11)5-16-18(15,13-1-2-14)17-6-8(12)4-10/h7-8,14H,1-6H2,(H,13,15). The van der Waals surface area contributed by atoms with Crippen molar-refractivity contribution in [2.24, 2.45) is 0 Å². The highest BCUT2D eigenvalue weighted by Gasteiger charge is 2.26. The zero-order valence-electron chi connectivity index (χ0n) is 9.53. The minimum absolute atomic E-state index is 0.0429. The fraction of sp³-hybridized carbons (Fsp3) is 1.00. The number of aliphatic hydroxyl groups excluding tert-OH is 1. The SMILES string of the molecule is O=P(NCCO)(OCC(Br)CBr)OCC(Br)CBr. The summed E-state index contributed by atoms with van der Waals surface area (Å²) in [5.41, 5.74) is 0. The van der Waals surface area contributed by atoms with Gasteiger partial charge in [0.2, 0.25) is 0 Å². The van der Waals surface area contributed by atoms with Gasteiger partial charge in [-0.3, -0.25) is 9.05 Å². The Morgan fingerprint density at radius 3 is 1.89 bits per heavy atom. The quantitative estimate of drug-likeness (QED) is 0.312. The first-order valence-corrected chi connectivity index (χ1v) is 10.7. The molecule has 2 unspecified atom stereocenters. The molecule has 10 heteroatoms. The van der Waals surface area contributed by atoms with Crippen molar-refractivity contribution in [1.82, 2.24) is 5.09 Å². The van der Waals surface area contributed by atoms with Crippen LogP contribution in [0, 0.1) is 0 Å². The van der Waals surface area contributed by atoms with Gasteiger partial charge in [-0.05, 0) is 0 Å². The molecule has 110 valence electrons. The van der Waals surface area contributed by atoms with Gasteiger partial charge in [-0.15, -0.1) is 0 Å². The number of nitrogens with one attached hydrogen (secondary N) is 1. The molecular weight excluding hydrogens is 525 g/mol. The van der Waals surface area contributed by atoms with Crippen LogP contribution in [0.25, 0.3) is 0 Å². The van der Waals surface area contributed by atoms with Gasteiger partial charge >= 0.3 is 7.75 Å². The lowest BCUT2D eigenvalue weighted by atomic mass is 10.5. The van der Waals surface area contributed by atoms with Crippen LogP contribution in [0.5, 0.6) is 0 Å². The smallest absolute Gasteiger partial charge is 0.395 e. The monoisotopic (exact) mass is 537 g/mol. The first kappa shape index (κ1) is 20.0. The highest BCUT2D eigenvalue weighted by atomic mass is 79.9. The number of rotatable bonds is 11. The van der Waals surface area contributed by atoms with Gasteiger partial charge in [-0.1, -0.05) is 63.7 Å². The van der Waals surface area contributed by atoms with E-state index in [1.807, 2.05) is 0 Å². The number of alkyl halides is 4. The molecule has 0 saturated carbocycles. The van der Waals surface area contributed by atoms with E-state index in [1.165, 1.54) is 0 Å². The molecule has 2 atom stereocenters. The normalized spacial score (nSPS) is 18.3. The van der Waals surface area contributed by atoms with E-state index in [9.17, 15) is 4.57 Å². The van der Waals surface area contributed by atoms with Crippen LogP contribution in [0.3, 0.4) is 0 Å². The van der Waals surface area contributed by atoms with Crippen LogP contribution in [-0.4, -0.2) is 51.8 Å². The molecule has 0 aliphatic carbocycles. The van der Waals surface area contributed by atoms with Crippen molar-refractivity contribution in [3.05, 3.63) is 0 Å². The zero-order valence-corrected chi connectivity index (χ0v) is 16.8. The Balaban J connectivity index is 4.28. The summed E-state index contributed by atoms with van der Waals surface area (Å²) in [7, 11) is -3.38. The van der Waals surface area contributed by atoms with E-state index in [0.29, 0.717) is 10.7 Å². The predicted octanol–water partition coefficient (Wildman–Crippen LogP) is 3.03. The minimum atomic E-state index is -3.38. The summed E-state index contributed by atoms with van der Waals surface area (Å²) in [6.07, 6.45) is 0. The highest BCUT2D eigenvalue weighted by Crippen LogP contribution is 2.44. The first-order chi connectivity index (χ1) is 8.47. The molecule has 2 N–H and O–H groups in total. The summed E-state index contributed by atoms with van der Waals surface area (Å²) in [5, 5.41) is 12.7. The molecule has 0 aliphatic rings. The highest BCUT2D eigenvalue weighted by molar-refractivity contribution is 9.12. The maximum atomic E-state index is 12.3. The summed E-state index contributed by atoms with van der Waals surface area (Å²) in [6, 6.07) is 0. The van der Waals surface area contributed by atoms with Crippen molar-refractivity contribution in [2.45, 2.75) is 9.65 Å². The Hall–Kier alpha value is 1.99. The molecule has 0 heterocycles. The molecular formula is C8H16Br4NO4P. The van der Waals surface area contributed by atoms with Crippen molar-refractivity contribution in [3.8, 4) is 0 Å². The lowest BCUT2D eigenvalue weighted by molar-refractivity contribution is 0.197. The Labute approximate surface area is 141 Å². The van der Waals surface area contributed by atoms with Crippen LogP contribution in [0.4, 0.5) is 0 Å². The Kier molecular flexibility index (Phi) is 12.9. The van der Waals surface area contributed by atoms with Gasteiger partial charge in [0.25, 0.3) is 0 Å². The fourth-order valence-corrected chi connectivity index (χ4v) is 3.19. The van der Waals surface area contributed by atoms with Crippen LogP contribution >= 0.6 is 71.5 Å². The molecule has 0 aromatic rings. The molecule has 5 nitrogen and oxygen atoms in total. The second kappa shape index (κ2) is 11.6. The number of hydrogen-bond acceptors (Lipinski definition) is 4. The van der Waals surface area contributed by atoms with E-state index in [0.717, 1.165) is 0 Å². The van der Waals surface area contributed by atoms with Crippen LogP contribution in [-0.2, 0) is 13.6 Å². The summed E-state index contributed by atoms with van der Waals surface area (Å²) in [5.74, 6) is 0. The third-order valence-corrected chi connectivity index (χ3v) is 7.67. The maximum absolute atomic E-state index is 12.3. The van der Waals surface area contributed by atoms with Crippen LogP contribution in [0.1, 0.15) is 0 Å². The van der Waals surface area contributed by atoms with Crippen LogP contribution in [0.2, 0.25) is 0 Å². The average Bonchev–Trinajstić information content (AvgIpc) is 2.40. The van der Waals surface area contributed by atoms with Crippen molar-refractivity contribution in [3.63, 3.8) is 0 Å². The van der Waals surface area contributed by atoms with Gasteiger partial charge in [0, 0.05) is 26.9 Å². The number of hydrogen-bond donors (Lipinski definition) is 2. The molecule has 0 spiro atoms. The van der Waals surface area contributed by atoms with Gasteiger partial charge < -0.3 is 5.11 Å². The van der Waals surface area contributed by atoms with Crippen molar-refractivity contribution in [2.75, 3.05) is 37.0 Å². The molecule has 0 rings (SSSR count). The molecule has 0 bridgehead atoms. The third-order valence-electron chi connectivity index (χ3n) is 1.60. The minimum Gasteiger partial charge on any atom is -0.395 e. The molecule has 0 aromatic carbocycles. The molecule has 0 aliphatic heterocycles. The van der Waals surface area contributed by atoms with Gasteiger partial charge in [-0.2, -0.15) is 0 Å². The molecule has 0 fully saturated rings. The van der Waals surface area contributed by atoms with Crippen molar-refractivity contribution in [1.29, 1.82) is 0 Å². The number of halogens is 4. The van der Waals surface area contributed by atoms with E-state index in [1.54, 1.807) is 0 Å². The Morgan fingerprint density at radius 2 is 1.56 bits per heavy atom. The first-order valence-electron chi connectivity index (χ1n) is 5.12. The van der Waals surface area contributed by atoms with Crippen LogP contribution < -0.4 is 5.09 Å². The fourth-order valence-electron chi connectivity index (χ4n) is 0.763. The summed E-state index contributed by atoms with van der Waals surface area (Å²) in [6.45, 7) is 0.493. The zero-order chi connectivity index (χ0) is 14.0. The van der Waals surface area contributed by atoms with E-state index in [2.05, 4.69) is 68.8 Å². The van der Waals surface area contributed by atoms with E-state index in [4.69, 9.17) is 14.2 Å². The second-order valence-corrected chi connectivity index (χ2v) is 8.94. The lowest BCUT2D eigenvalue weighted by Crippen LogP contribution is -2.23. The van der Waals surface area contributed by atoms with Gasteiger partial charge in [0.1, 0.15) is 0 Å². The average molecular weight is 541 g/mol. The molecule has 18 heavy (non-hydrogen) atoms. The third kappa shape index (κ3) is 9.83. The topological polar surface area (TPSA) is 67.8 Å². The Morgan fingerprint density at radius 1 is 1.11 bits per heavy atom. The summed E-state index contributed by atoms with van der Waals surface area (Å²) < 4.78 is 22.8. The molecule has 0 amide bonds. The largest absolute Gasteiger partial charge is 0.405 e. The molecule has 0 radical (unpaired) electrons. The summed E-state index contributed by atoms with van der Waals surface area (Å²) in [4.78, 5) is 0.0857. The van der Waals surface area contributed by atoms with Gasteiger partial charge in [0.15, 0.2) is 0 Å². The molecule has 0 aromatic heterocycles. The van der Waals surface area contributed by atoms with Crippen molar-refractivity contribution < 1.29 is 18.7 Å². The molecule has 0 saturated heterocycles. The number of aliphatic hydroxyl groups is 1. The van der Waals surface area contributed by atoms with Crippen molar-refractivity contribution >= 4 is 71.5 Å². The summed E-state index contributed by atoms with van der Waals surface area (Å²) >= 11 is 13.3. The predicted molar refractivity (Wildman–Crippen MR) is 87.6 cm³/mol. The lowest BCUT2D eigenvalue weighted by Gasteiger charge is -2.21. The van der Waals surface area contributed by atoms with Gasteiger partial charge in [-0.25, -0.2) is 9.65 Å². The maximum Gasteiger partial charge on any atom is 0.405 e. The van der Waals surface area contributed by atoms with E-state index in [-0.39, 0.29) is 36.0 Å². The second-order valence-electron chi connectivity index (χ2n) is 3.22. The van der Waals surface area contributed by atoms with Gasteiger partial charge in [0.05, 0.1) is 19.8 Å².